The van der Waals surface area contributed by atoms with Crippen LogP contribution in [0, 0.1) is 0 Å². The van der Waals surface area contributed by atoms with Gasteiger partial charge in [0.05, 0.1) is 5.02 Å². The van der Waals surface area contributed by atoms with Crippen molar-refractivity contribution in [1.82, 2.24) is 10.1 Å². The van der Waals surface area contributed by atoms with Gasteiger partial charge >= 0.3 is 0 Å². The molecule has 122 valence electrons. The standard InChI is InChI=1S/C17H14ClN3O3/c1-11(22)19-12-5-4-6-13(9-12)23-10-16-20-17(21-24-16)14-7-2-3-8-15(14)18/h2-9H,10H2,1H3,(H,19,22). The van der Waals surface area contributed by atoms with E-state index in [1.54, 1.807) is 30.3 Å². The first-order valence-electron chi connectivity index (χ1n) is 7.20. The molecule has 0 fully saturated rings. The SMILES string of the molecule is CC(=O)Nc1cccc(OCc2nc(-c3ccccc3Cl)no2)c1. The Labute approximate surface area is 143 Å². The third kappa shape index (κ3) is 3.91. The normalized spacial score (nSPS) is 10.4. The van der Waals surface area contributed by atoms with Gasteiger partial charge in [0, 0.05) is 24.2 Å². The molecule has 3 rings (SSSR count). The number of halogens is 1. The van der Waals surface area contributed by atoms with Crippen LogP contribution in [0.3, 0.4) is 0 Å². The van der Waals surface area contributed by atoms with Gasteiger partial charge in [0.25, 0.3) is 5.89 Å². The first kappa shape index (κ1) is 16.0. The molecule has 0 saturated carbocycles. The summed E-state index contributed by atoms with van der Waals surface area (Å²) in [4.78, 5) is 15.3. The summed E-state index contributed by atoms with van der Waals surface area (Å²) in [6.07, 6.45) is 0. The molecule has 0 aliphatic carbocycles. The molecule has 0 radical (unpaired) electrons. The average Bonchev–Trinajstić information content (AvgIpc) is 3.02. The number of rotatable bonds is 5. The van der Waals surface area contributed by atoms with Gasteiger partial charge in [0.1, 0.15) is 5.75 Å². The maximum Gasteiger partial charge on any atom is 0.264 e. The summed E-state index contributed by atoms with van der Waals surface area (Å²) in [6, 6.07) is 14.3. The number of amides is 1. The molecular weight excluding hydrogens is 330 g/mol. The molecule has 24 heavy (non-hydrogen) atoms. The molecule has 2 aromatic carbocycles. The smallest absolute Gasteiger partial charge is 0.264 e. The molecule has 0 aliphatic rings. The second-order valence-corrected chi connectivity index (χ2v) is 5.40. The van der Waals surface area contributed by atoms with Gasteiger partial charge in [0.15, 0.2) is 6.61 Å². The van der Waals surface area contributed by atoms with Crippen molar-refractivity contribution >= 4 is 23.2 Å². The van der Waals surface area contributed by atoms with Gasteiger partial charge in [-0.05, 0) is 24.3 Å². The zero-order chi connectivity index (χ0) is 16.9. The number of benzene rings is 2. The fourth-order valence-corrected chi connectivity index (χ4v) is 2.30. The summed E-state index contributed by atoms with van der Waals surface area (Å²) < 4.78 is 10.8. The largest absolute Gasteiger partial charge is 0.484 e. The molecule has 1 aromatic heterocycles. The van der Waals surface area contributed by atoms with E-state index in [0.717, 1.165) is 0 Å². The van der Waals surface area contributed by atoms with Crippen molar-refractivity contribution in [2.24, 2.45) is 0 Å². The molecule has 1 heterocycles. The van der Waals surface area contributed by atoms with Crippen molar-refractivity contribution in [3.05, 3.63) is 59.4 Å². The lowest BCUT2D eigenvalue weighted by molar-refractivity contribution is -0.114. The topological polar surface area (TPSA) is 77.2 Å². The third-order valence-electron chi connectivity index (χ3n) is 3.10. The molecule has 1 amide bonds. The van der Waals surface area contributed by atoms with Gasteiger partial charge < -0.3 is 14.6 Å². The van der Waals surface area contributed by atoms with Crippen LogP contribution in [-0.2, 0) is 11.4 Å². The number of carbonyl (C=O) groups is 1. The fourth-order valence-electron chi connectivity index (χ4n) is 2.08. The lowest BCUT2D eigenvalue weighted by Gasteiger charge is -2.06. The van der Waals surface area contributed by atoms with Gasteiger partial charge in [-0.1, -0.05) is 35.0 Å². The third-order valence-corrected chi connectivity index (χ3v) is 3.43. The minimum absolute atomic E-state index is 0.112. The Morgan fingerprint density at radius 2 is 2.08 bits per heavy atom. The number of nitrogens with one attached hydrogen (secondary N) is 1. The molecule has 3 aromatic rings. The van der Waals surface area contributed by atoms with E-state index in [0.29, 0.717) is 33.7 Å². The van der Waals surface area contributed by atoms with Crippen LogP contribution in [0.25, 0.3) is 11.4 Å². The summed E-state index contributed by atoms with van der Waals surface area (Å²) in [7, 11) is 0. The quantitative estimate of drug-likeness (QED) is 0.759. The number of hydrogen-bond acceptors (Lipinski definition) is 5. The van der Waals surface area contributed by atoms with Crippen LogP contribution in [0.1, 0.15) is 12.8 Å². The molecule has 0 saturated heterocycles. The molecular formula is C17H14ClN3O3. The van der Waals surface area contributed by atoms with Crippen molar-refractivity contribution in [3.63, 3.8) is 0 Å². The van der Waals surface area contributed by atoms with Gasteiger partial charge in [-0.25, -0.2) is 0 Å². The molecule has 0 bridgehead atoms. The highest BCUT2D eigenvalue weighted by atomic mass is 35.5. The molecule has 0 atom stereocenters. The van der Waals surface area contributed by atoms with Crippen LogP contribution >= 0.6 is 11.6 Å². The van der Waals surface area contributed by atoms with E-state index in [-0.39, 0.29) is 12.5 Å². The Balaban J connectivity index is 1.68. The predicted octanol–water partition coefficient (Wildman–Crippen LogP) is 3.93. The second kappa shape index (κ2) is 7.14. The van der Waals surface area contributed by atoms with Crippen molar-refractivity contribution < 1.29 is 14.1 Å². The maximum atomic E-state index is 11.1. The van der Waals surface area contributed by atoms with Gasteiger partial charge in [-0.3, -0.25) is 4.79 Å². The Morgan fingerprint density at radius 1 is 1.25 bits per heavy atom. The number of ether oxygens (including phenoxy) is 1. The van der Waals surface area contributed by atoms with E-state index in [1.807, 2.05) is 18.2 Å². The number of anilines is 1. The zero-order valence-electron chi connectivity index (χ0n) is 12.8. The summed E-state index contributed by atoms with van der Waals surface area (Å²) >= 11 is 6.11. The Bertz CT molecular complexity index is 864. The summed E-state index contributed by atoms with van der Waals surface area (Å²) in [5.74, 6) is 1.17. The number of hydrogen-bond donors (Lipinski definition) is 1. The number of nitrogens with zero attached hydrogens (tertiary/aromatic N) is 2. The van der Waals surface area contributed by atoms with E-state index in [2.05, 4.69) is 15.5 Å². The van der Waals surface area contributed by atoms with E-state index in [9.17, 15) is 4.79 Å². The molecule has 0 spiro atoms. The Hall–Kier alpha value is -2.86. The summed E-state index contributed by atoms with van der Waals surface area (Å²) in [5, 5.41) is 7.15. The molecule has 6 nitrogen and oxygen atoms in total. The summed E-state index contributed by atoms with van der Waals surface area (Å²) in [6.45, 7) is 1.56. The highest BCUT2D eigenvalue weighted by Crippen LogP contribution is 2.25. The van der Waals surface area contributed by atoms with Gasteiger partial charge in [0.2, 0.25) is 11.7 Å². The van der Waals surface area contributed by atoms with Crippen molar-refractivity contribution in [2.45, 2.75) is 13.5 Å². The van der Waals surface area contributed by atoms with E-state index in [4.69, 9.17) is 20.9 Å². The van der Waals surface area contributed by atoms with Crippen LogP contribution in [-0.4, -0.2) is 16.0 Å². The van der Waals surface area contributed by atoms with E-state index < -0.39 is 0 Å². The second-order valence-electron chi connectivity index (χ2n) is 4.99. The van der Waals surface area contributed by atoms with Crippen molar-refractivity contribution in [1.29, 1.82) is 0 Å². The number of carbonyl (C=O) groups excluding carboxylic acids is 1. The van der Waals surface area contributed by atoms with Crippen LogP contribution in [0.15, 0.2) is 53.1 Å². The lowest BCUT2D eigenvalue weighted by Crippen LogP contribution is -2.05. The van der Waals surface area contributed by atoms with Crippen LogP contribution < -0.4 is 10.1 Å². The highest BCUT2D eigenvalue weighted by molar-refractivity contribution is 6.33. The zero-order valence-corrected chi connectivity index (χ0v) is 13.6. The molecule has 0 aliphatic heterocycles. The Kier molecular flexibility index (Phi) is 4.77. The van der Waals surface area contributed by atoms with E-state index >= 15 is 0 Å². The highest BCUT2D eigenvalue weighted by Gasteiger charge is 2.12. The van der Waals surface area contributed by atoms with Gasteiger partial charge in [-0.2, -0.15) is 4.98 Å². The fraction of sp³-hybridized carbons (Fsp3) is 0.118. The van der Waals surface area contributed by atoms with Crippen molar-refractivity contribution in [2.75, 3.05) is 5.32 Å². The van der Waals surface area contributed by atoms with Crippen LogP contribution in [0.5, 0.6) is 5.75 Å². The summed E-state index contributed by atoms with van der Waals surface area (Å²) in [5.41, 5.74) is 1.35. The minimum atomic E-state index is -0.145. The Morgan fingerprint density at radius 3 is 2.88 bits per heavy atom. The predicted molar refractivity (Wildman–Crippen MR) is 89.8 cm³/mol. The lowest BCUT2D eigenvalue weighted by atomic mass is 10.2. The van der Waals surface area contributed by atoms with Crippen molar-refractivity contribution in [3.8, 4) is 17.1 Å². The molecule has 1 N–H and O–H groups in total. The van der Waals surface area contributed by atoms with Crippen LogP contribution in [0.2, 0.25) is 5.02 Å². The van der Waals surface area contributed by atoms with Crippen LogP contribution in [0.4, 0.5) is 5.69 Å². The maximum absolute atomic E-state index is 11.1. The molecule has 7 heteroatoms. The average molecular weight is 344 g/mol. The number of aromatic nitrogens is 2. The van der Waals surface area contributed by atoms with Gasteiger partial charge in [-0.15, -0.1) is 0 Å². The first-order valence-corrected chi connectivity index (χ1v) is 7.57. The minimum Gasteiger partial charge on any atom is -0.484 e. The molecule has 0 unspecified atom stereocenters. The van der Waals surface area contributed by atoms with E-state index in [1.165, 1.54) is 6.92 Å². The monoisotopic (exact) mass is 343 g/mol. The first-order chi connectivity index (χ1) is 11.6.